The van der Waals surface area contributed by atoms with Crippen LogP contribution in [-0.4, -0.2) is 22.0 Å². The number of anilines is 3. The van der Waals surface area contributed by atoms with Crippen LogP contribution in [0.25, 0.3) is 0 Å². The van der Waals surface area contributed by atoms with E-state index in [1.807, 2.05) is 61.5 Å². The molecule has 3 aromatic rings. The Morgan fingerprint density at radius 3 is 2.31 bits per heavy atom. The molecular formula is C27H35N5O3. The Kier molecular flexibility index (Phi) is 8.17. The monoisotopic (exact) mass is 477 g/mol. The molecular weight excluding hydrogens is 442 g/mol. The average Bonchev–Trinajstić information content (AvgIpc) is 2.79. The number of carbonyl (C=O) groups is 1. The van der Waals surface area contributed by atoms with Crippen molar-refractivity contribution in [1.82, 2.24) is 9.55 Å². The molecule has 0 radical (unpaired) electrons. The zero-order valence-corrected chi connectivity index (χ0v) is 20.9. The van der Waals surface area contributed by atoms with Gasteiger partial charge >= 0.3 is 5.69 Å². The molecule has 4 N–H and O–H groups in total. The van der Waals surface area contributed by atoms with Gasteiger partial charge in [-0.05, 0) is 35.1 Å². The summed E-state index contributed by atoms with van der Waals surface area (Å²) >= 11 is 0. The van der Waals surface area contributed by atoms with E-state index in [1.165, 1.54) is 4.57 Å². The molecule has 0 bridgehead atoms. The minimum atomic E-state index is -0.612. The van der Waals surface area contributed by atoms with Gasteiger partial charge in [-0.1, -0.05) is 76.6 Å². The molecule has 0 aliphatic carbocycles. The van der Waals surface area contributed by atoms with E-state index in [9.17, 15) is 14.4 Å². The maximum atomic E-state index is 13.0. The molecule has 3 rings (SSSR count). The number of carbonyl (C=O) groups excluding carboxylic acids is 1. The van der Waals surface area contributed by atoms with Crippen LogP contribution < -0.4 is 27.2 Å². The summed E-state index contributed by atoms with van der Waals surface area (Å²) in [5, 5.41) is 2.90. The predicted molar refractivity (Wildman–Crippen MR) is 142 cm³/mol. The van der Waals surface area contributed by atoms with Crippen LogP contribution in [0.1, 0.15) is 51.7 Å². The Hall–Kier alpha value is -3.81. The van der Waals surface area contributed by atoms with Crippen LogP contribution in [0.15, 0.2) is 64.2 Å². The summed E-state index contributed by atoms with van der Waals surface area (Å²) in [5.41, 5.74) is 8.03. The van der Waals surface area contributed by atoms with E-state index in [0.717, 1.165) is 24.0 Å². The second-order valence-corrected chi connectivity index (χ2v) is 9.72. The van der Waals surface area contributed by atoms with Gasteiger partial charge in [0.15, 0.2) is 0 Å². The van der Waals surface area contributed by atoms with Gasteiger partial charge in [0, 0.05) is 18.8 Å². The lowest BCUT2D eigenvalue weighted by Crippen LogP contribution is -2.41. The third-order valence-electron chi connectivity index (χ3n) is 5.85. The van der Waals surface area contributed by atoms with Crippen LogP contribution in [0.5, 0.6) is 0 Å². The summed E-state index contributed by atoms with van der Waals surface area (Å²) in [7, 11) is 0. The molecule has 0 aliphatic heterocycles. The first-order valence-corrected chi connectivity index (χ1v) is 11.9. The normalized spacial score (nSPS) is 11.3. The van der Waals surface area contributed by atoms with Gasteiger partial charge in [-0.15, -0.1) is 0 Å². The minimum Gasteiger partial charge on any atom is -0.383 e. The molecule has 35 heavy (non-hydrogen) atoms. The first-order valence-electron chi connectivity index (χ1n) is 11.9. The lowest BCUT2D eigenvalue weighted by molar-refractivity contribution is -0.115. The second-order valence-electron chi connectivity index (χ2n) is 9.72. The van der Waals surface area contributed by atoms with E-state index in [0.29, 0.717) is 12.2 Å². The number of nitrogen functional groups attached to an aromatic ring is 1. The number of benzene rings is 2. The van der Waals surface area contributed by atoms with E-state index in [1.54, 1.807) is 4.90 Å². The van der Waals surface area contributed by atoms with E-state index < -0.39 is 11.2 Å². The molecule has 0 saturated heterocycles. The molecule has 0 aliphatic rings. The smallest absolute Gasteiger partial charge is 0.330 e. The van der Waals surface area contributed by atoms with Crippen molar-refractivity contribution in [2.75, 3.05) is 22.5 Å². The Labute approximate surface area is 205 Å². The molecule has 0 atom stereocenters. The number of unbranched alkanes of at least 4 members (excludes halogenated alkanes) is 1. The van der Waals surface area contributed by atoms with Gasteiger partial charge < -0.3 is 16.0 Å². The highest BCUT2D eigenvalue weighted by atomic mass is 16.2. The average molecular weight is 478 g/mol. The topological polar surface area (TPSA) is 113 Å². The molecule has 0 unspecified atom stereocenters. The van der Waals surface area contributed by atoms with Crippen LogP contribution >= 0.6 is 0 Å². The molecule has 1 amide bonds. The van der Waals surface area contributed by atoms with Gasteiger partial charge in [0.2, 0.25) is 5.91 Å². The van der Waals surface area contributed by atoms with Gasteiger partial charge in [0.1, 0.15) is 11.5 Å². The molecule has 1 heterocycles. The summed E-state index contributed by atoms with van der Waals surface area (Å²) in [4.78, 5) is 42.3. The largest absolute Gasteiger partial charge is 0.383 e. The SMILES string of the molecule is CCCCn1c(N)c(N(CC(=O)Nc2ccc(C(C)(C)C)cc2)Cc2ccccc2)c(=O)[nH]c1=O. The van der Waals surface area contributed by atoms with Gasteiger partial charge in [-0.3, -0.25) is 19.1 Å². The standard InChI is InChI=1S/C27H35N5O3/c1-5-6-16-32-24(28)23(25(34)30-26(32)35)31(17-19-10-8-7-9-11-19)18-22(33)29-21-14-12-20(13-15-21)27(2,3)4/h7-15H,5-6,16-18,28H2,1-4H3,(H,29,33)(H,30,34,35). The van der Waals surface area contributed by atoms with E-state index in [2.05, 4.69) is 31.1 Å². The Morgan fingerprint density at radius 2 is 1.71 bits per heavy atom. The lowest BCUT2D eigenvalue weighted by Gasteiger charge is -2.26. The second kappa shape index (κ2) is 11.1. The molecule has 8 heteroatoms. The number of nitrogens with zero attached hydrogens (tertiary/aromatic N) is 2. The van der Waals surface area contributed by atoms with Crippen LogP contribution in [0, 0.1) is 0 Å². The van der Waals surface area contributed by atoms with Crippen LogP contribution in [-0.2, 0) is 23.3 Å². The van der Waals surface area contributed by atoms with Gasteiger partial charge in [-0.25, -0.2) is 4.79 Å². The highest BCUT2D eigenvalue weighted by Gasteiger charge is 2.22. The van der Waals surface area contributed by atoms with Crippen molar-refractivity contribution in [3.05, 3.63) is 86.6 Å². The van der Waals surface area contributed by atoms with E-state index in [4.69, 9.17) is 5.73 Å². The van der Waals surface area contributed by atoms with Crippen molar-refractivity contribution >= 4 is 23.1 Å². The number of rotatable bonds is 9. The molecule has 2 aromatic carbocycles. The highest BCUT2D eigenvalue weighted by molar-refractivity contribution is 5.94. The number of nitrogens with two attached hydrogens (primary N) is 1. The number of nitrogens with one attached hydrogen (secondary N) is 2. The Balaban J connectivity index is 1.92. The molecule has 0 fully saturated rings. The predicted octanol–water partition coefficient (Wildman–Crippen LogP) is 3.86. The zero-order chi connectivity index (χ0) is 25.6. The summed E-state index contributed by atoms with van der Waals surface area (Å²) in [5.74, 6) is -0.236. The van der Waals surface area contributed by atoms with Crippen molar-refractivity contribution in [1.29, 1.82) is 0 Å². The lowest BCUT2D eigenvalue weighted by atomic mass is 9.87. The number of amides is 1. The number of aromatic nitrogens is 2. The Morgan fingerprint density at radius 1 is 1.06 bits per heavy atom. The number of hydrogen-bond acceptors (Lipinski definition) is 5. The van der Waals surface area contributed by atoms with Gasteiger partial charge in [0.25, 0.3) is 5.56 Å². The van der Waals surface area contributed by atoms with Crippen LogP contribution in [0.3, 0.4) is 0 Å². The van der Waals surface area contributed by atoms with Gasteiger partial charge in [0.05, 0.1) is 6.54 Å². The third kappa shape index (κ3) is 6.62. The minimum absolute atomic E-state index is 0.00838. The summed E-state index contributed by atoms with van der Waals surface area (Å²) < 4.78 is 1.36. The molecule has 1 aromatic heterocycles. The summed E-state index contributed by atoms with van der Waals surface area (Å²) in [6.45, 7) is 8.94. The molecule has 0 saturated carbocycles. The van der Waals surface area contributed by atoms with Crippen molar-refractivity contribution < 1.29 is 4.79 Å². The molecule has 186 valence electrons. The summed E-state index contributed by atoms with van der Waals surface area (Å²) in [6.07, 6.45) is 1.60. The summed E-state index contributed by atoms with van der Waals surface area (Å²) in [6, 6.07) is 17.2. The fourth-order valence-corrected chi connectivity index (χ4v) is 3.87. The van der Waals surface area contributed by atoms with Crippen molar-refractivity contribution in [2.45, 2.75) is 59.0 Å². The maximum absolute atomic E-state index is 13.0. The van der Waals surface area contributed by atoms with Crippen molar-refractivity contribution in [2.24, 2.45) is 0 Å². The first kappa shape index (κ1) is 25.8. The molecule has 8 nitrogen and oxygen atoms in total. The van der Waals surface area contributed by atoms with Crippen LogP contribution in [0.4, 0.5) is 17.2 Å². The number of hydrogen-bond donors (Lipinski definition) is 3. The first-order chi connectivity index (χ1) is 16.6. The highest BCUT2D eigenvalue weighted by Crippen LogP contribution is 2.24. The quantitative estimate of drug-likeness (QED) is 0.433. The Bertz CT molecular complexity index is 1260. The zero-order valence-electron chi connectivity index (χ0n) is 20.9. The number of H-pyrrole nitrogens is 1. The maximum Gasteiger partial charge on any atom is 0.330 e. The van der Waals surface area contributed by atoms with Crippen molar-refractivity contribution in [3.63, 3.8) is 0 Å². The fourth-order valence-electron chi connectivity index (χ4n) is 3.87. The third-order valence-corrected chi connectivity index (χ3v) is 5.85. The van der Waals surface area contributed by atoms with E-state index >= 15 is 0 Å². The fraction of sp³-hybridized carbons (Fsp3) is 0.370. The van der Waals surface area contributed by atoms with Gasteiger partial charge in [-0.2, -0.15) is 0 Å². The van der Waals surface area contributed by atoms with E-state index in [-0.39, 0.29) is 35.9 Å². The number of aromatic amines is 1. The van der Waals surface area contributed by atoms with Crippen LogP contribution in [0.2, 0.25) is 0 Å². The molecule has 0 spiro atoms. The van der Waals surface area contributed by atoms with Crippen molar-refractivity contribution in [3.8, 4) is 0 Å².